The number of fused-ring (bicyclic) bond motifs is 2. The van der Waals surface area contributed by atoms with E-state index >= 15 is 0 Å². The van der Waals surface area contributed by atoms with E-state index in [1.54, 1.807) is 12.1 Å². The monoisotopic (exact) mass is 437 g/mol. The molecule has 2 aromatic rings. The van der Waals surface area contributed by atoms with Crippen LogP contribution in [-0.2, 0) is 6.61 Å². The van der Waals surface area contributed by atoms with Gasteiger partial charge in [-0.3, -0.25) is 0 Å². The number of hydrogen-bond donors (Lipinski definition) is 1. The number of aliphatic hydroxyl groups excluding tert-OH is 1. The Labute approximate surface area is 171 Å². The van der Waals surface area contributed by atoms with E-state index in [2.05, 4.69) is 43.0 Å². The second-order valence-electron chi connectivity index (χ2n) is 6.80. The van der Waals surface area contributed by atoms with Crippen molar-refractivity contribution in [1.29, 1.82) is 0 Å². The van der Waals surface area contributed by atoms with E-state index in [1.807, 2.05) is 24.3 Å². The zero-order valence-electron chi connectivity index (χ0n) is 16.1. The first kappa shape index (κ1) is 18.9. The van der Waals surface area contributed by atoms with Crippen molar-refractivity contribution in [3.8, 4) is 21.1 Å². The zero-order valence-corrected chi connectivity index (χ0v) is 17.8. The summed E-state index contributed by atoms with van der Waals surface area (Å²) in [6, 6.07) is 20.0. The molecular formula is C24H23NO2Se. The van der Waals surface area contributed by atoms with E-state index in [4.69, 9.17) is 0 Å². The van der Waals surface area contributed by atoms with Crippen LogP contribution in [-0.4, -0.2) is 32.7 Å². The summed E-state index contributed by atoms with van der Waals surface area (Å²) in [6.45, 7) is 6.26. The normalized spacial score (nSPS) is 11.2. The van der Waals surface area contributed by atoms with E-state index < -0.39 is 0 Å². The van der Waals surface area contributed by atoms with Gasteiger partial charge in [-0.1, -0.05) is 0 Å². The van der Waals surface area contributed by atoms with Gasteiger partial charge in [-0.05, 0) is 0 Å². The van der Waals surface area contributed by atoms with Crippen LogP contribution in [0, 0.1) is 0 Å². The number of aliphatic hydroxyl groups is 1. The molecule has 4 rings (SSSR count). The molecule has 28 heavy (non-hydrogen) atoms. The minimum absolute atomic E-state index is 0.00729. The van der Waals surface area contributed by atoms with Crippen LogP contribution in [0.1, 0.15) is 19.4 Å². The molecule has 1 N–H and O–H groups in total. The summed E-state index contributed by atoms with van der Waals surface area (Å²) in [7, 11) is 0. The minimum atomic E-state index is -0.00729. The molecule has 4 heteroatoms. The van der Waals surface area contributed by atoms with Crippen LogP contribution in [0.3, 0.4) is 0 Å². The summed E-state index contributed by atoms with van der Waals surface area (Å²) in [6.07, 6.45) is 0. The van der Waals surface area contributed by atoms with Gasteiger partial charge in [0.25, 0.3) is 0 Å². The molecule has 2 aromatic carbocycles. The Morgan fingerprint density at radius 3 is 2.46 bits per heavy atom. The first-order chi connectivity index (χ1) is 13.7. The predicted molar refractivity (Wildman–Crippen MR) is 119 cm³/mol. The number of anilines is 1. The van der Waals surface area contributed by atoms with Gasteiger partial charge in [0.1, 0.15) is 0 Å². The molecule has 142 valence electrons. The van der Waals surface area contributed by atoms with Gasteiger partial charge in [0, 0.05) is 0 Å². The summed E-state index contributed by atoms with van der Waals surface area (Å²) < 4.78 is 2.41. The van der Waals surface area contributed by atoms with Crippen LogP contribution in [0.15, 0.2) is 65.5 Å². The van der Waals surface area contributed by atoms with Gasteiger partial charge < -0.3 is 0 Å². The quantitative estimate of drug-likeness (QED) is 0.373. The SMILES string of the molecule is CCN(CC)c1ccc2c(-c3ccccc3CO)c3ccc(=O)cc-3[se]c2c1. The second-order valence-corrected chi connectivity index (χ2v) is 9.08. The Hall–Kier alpha value is -2.39. The van der Waals surface area contributed by atoms with Gasteiger partial charge in [-0.25, -0.2) is 0 Å². The number of hydrogen-bond acceptors (Lipinski definition) is 3. The molecule has 1 heterocycles. The van der Waals surface area contributed by atoms with Crippen molar-refractivity contribution in [1.82, 2.24) is 0 Å². The summed E-state index contributed by atoms with van der Waals surface area (Å²) in [5, 5.41) is 11.1. The van der Waals surface area contributed by atoms with Crippen molar-refractivity contribution < 1.29 is 5.11 Å². The average Bonchev–Trinajstić information content (AvgIpc) is 2.72. The fourth-order valence-corrected chi connectivity index (χ4v) is 6.25. The van der Waals surface area contributed by atoms with Crippen molar-refractivity contribution in [3.05, 3.63) is 76.5 Å². The standard InChI is InChI=1S/C24H23NO2Se/c1-3-25(4-2)17-9-11-20-22(13-17)28-23-14-18(27)10-12-21(23)24(20)19-8-6-5-7-16(19)15-26/h5-14,26H,3-4,15H2,1-2H3. The molecule has 1 aliphatic heterocycles. The van der Waals surface area contributed by atoms with Crippen molar-refractivity contribution in [3.63, 3.8) is 0 Å². The van der Waals surface area contributed by atoms with Gasteiger partial charge in [-0.15, -0.1) is 0 Å². The average molecular weight is 436 g/mol. The molecule has 2 aliphatic rings. The molecule has 0 saturated heterocycles. The van der Waals surface area contributed by atoms with E-state index in [-0.39, 0.29) is 26.5 Å². The molecule has 0 atom stereocenters. The number of benzene rings is 3. The zero-order chi connectivity index (χ0) is 19.7. The first-order valence-corrected chi connectivity index (χ1v) is 11.3. The van der Waals surface area contributed by atoms with E-state index in [0.29, 0.717) is 0 Å². The maximum atomic E-state index is 12.0. The van der Waals surface area contributed by atoms with Crippen LogP contribution < -0.4 is 10.3 Å². The third-order valence-electron chi connectivity index (χ3n) is 5.26. The third-order valence-corrected chi connectivity index (χ3v) is 7.60. The Kier molecular flexibility index (Phi) is 5.36. The van der Waals surface area contributed by atoms with Crippen molar-refractivity contribution in [2.75, 3.05) is 18.0 Å². The van der Waals surface area contributed by atoms with Crippen molar-refractivity contribution >= 4 is 29.8 Å². The van der Waals surface area contributed by atoms with Crippen LogP contribution in [0.25, 0.3) is 30.8 Å². The van der Waals surface area contributed by atoms with Gasteiger partial charge in [0.2, 0.25) is 0 Å². The van der Waals surface area contributed by atoms with Gasteiger partial charge in [-0.2, -0.15) is 0 Å². The van der Waals surface area contributed by atoms with Crippen LogP contribution in [0.4, 0.5) is 5.69 Å². The molecule has 0 radical (unpaired) electrons. The maximum absolute atomic E-state index is 12.0. The van der Waals surface area contributed by atoms with Crippen LogP contribution in [0.5, 0.6) is 0 Å². The van der Waals surface area contributed by atoms with Gasteiger partial charge >= 0.3 is 171 Å². The molecule has 0 saturated carbocycles. The molecule has 3 nitrogen and oxygen atoms in total. The van der Waals surface area contributed by atoms with Crippen LogP contribution >= 0.6 is 0 Å². The predicted octanol–water partition coefficient (Wildman–Crippen LogP) is 4.37. The Bertz CT molecular complexity index is 1160. The molecule has 0 fully saturated rings. The molecule has 0 amide bonds. The van der Waals surface area contributed by atoms with E-state index in [9.17, 15) is 9.90 Å². The Morgan fingerprint density at radius 1 is 0.929 bits per heavy atom. The summed E-state index contributed by atoms with van der Waals surface area (Å²) >= 11 is 0.0753. The second kappa shape index (κ2) is 7.92. The summed E-state index contributed by atoms with van der Waals surface area (Å²) in [5.41, 5.74) is 5.46. The van der Waals surface area contributed by atoms with Gasteiger partial charge in [0.05, 0.1) is 0 Å². The molecule has 0 bridgehead atoms. The molecule has 0 unspecified atom stereocenters. The van der Waals surface area contributed by atoms with Crippen molar-refractivity contribution in [2.24, 2.45) is 0 Å². The third kappa shape index (κ3) is 3.29. The molecule has 0 aromatic heterocycles. The number of nitrogens with zero attached hydrogens (tertiary/aromatic N) is 1. The fraction of sp³-hybridized carbons (Fsp3) is 0.208. The van der Waals surface area contributed by atoms with E-state index in [0.717, 1.165) is 39.8 Å². The Balaban J connectivity index is 2.10. The first-order valence-electron chi connectivity index (χ1n) is 9.61. The van der Waals surface area contributed by atoms with Gasteiger partial charge in [0.15, 0.2) is 0 Å². The fourth-order valence-electron chi connectivity index (χ4n) is 3.84. The van der Waals surface area contributed by atoms with E-state index in [1.165, 1.54) is 15.3 Å². The molecule has 1 aliphatic carbocycles. The Morgan fingerprint density at radius 2 is 1.71 bits per heavy atom. The summed E-state index contributed by atoms with van der Waals surface area (Å²) in [4.78, 5) is 14.4. The van der Waals surface area contributed by atoms with Crippen LogP contribution in [0.2, 0.25) is 0 Å². The molecular weight excluding hydrogens is 413 g/mol. The van der Waals surface area contributed by atoms with Crippen molar-refractivity contribution in [2.45, 2.75) is 20.5 Å². The molecule has 0 spiro atoms. The summed E-state index contributed by atoms with van der Waals surface area (Å²) in [5.74, 6) is 0. The number of rotatable bonds is 5. The topological polar surface area (TPSA) is 40.5 Å².